The van der Waals surface area contributed by atoms with Gasteiger partial charge in [-0.25, -0.2) is 9.97 Å². The molecule has 19 heavy (non-hydrogen) atoms. The molecule has 1 unspecified atom stereocenters. The van der Waals surface area contributed by atoms with E-state index in [9.17, 15) is 0 Å². The quantitative estimate of drug-likeness (QED) is 0.851. The molecule has 0 amide bonds. The van der Waals surface area contributed by atoms with Gasteiger partial charge in [0.25, 0.3) is 0 Å². The van der Waals surface area contributed by atoms with Crippen LogP contribution in [0.15, 0.2) is 17.0 Å². The van der Waals surface area contributed by atoms with Gasteiger partial charge in [0.15, 0.2) is 5.82 Å². The largest absolute Gasteiger partial charge is 0.313 e. The Morgan fingerprint density at radius 2 is 2.21 bits per heavy atom. The molecule has 0 saturated heterocycles. The van der Waals surface area contributed by atoms with Gasteiger partial charge in [0.1, 0.15) is 0 Å². The second kappa shape index (κ2) is 5.39. The summed E-state index contributed by atoms with van der Waals surface area (Å²) in [6, 6.07) is 0.412. The third kappa shape index (κ3) is 2.42. The number of nitrogens with zero attached hydrogens (tertiary/aromatic N) is 2. The van der Waals surface area contributed by atoms with Gasteiger partial charge in [-0.05, 0) is 44.2 Å². The van der Waals surface area contributed by atoms with Crippen LogP contribution in [-0.4, -0.2) is 17.0 Å². The van der Waals surface area contributed by atoms with E-state index in [0.29, 0.717) is 6.04 Å². The molecular weight excluding hydrogens is 254 g/mol. The molecule has 3 rings (SSSR count). The molecule has 0 saturated carbocycles. The Kier molecular flexibility index (Phi) is 3.62. The number of aromatic nitrogens is 2. The smallest absolute Gasteiger partial charge is 0.160 e. The van der Waals surface area contributed by atoms with E-state index in [1.807, 2.05) is 13.2 Å². The molecule has 1 N–H and O–H groups in total. The standard InChI is InChI=1S/C15H19N3S/c1-10-8-19-9-12(10)15-17-7-11-13(16-2)5-3-4-6-14(11)18-15/h7-9,13,16H,3-6H2,1-2H3. The summed E-state index contributed by atoms with van der Waals surface area (Å²) in [4.78, 5) is 9.42. The molecule has 2 heterocycles. The number of fused-ring (bicyclic) bond motifs is 1. The predicted octanol–water partition coefficient (Wildman–Crippen LogP) is 3.50. The average molecular weight is 273 g/mol. The van der Waals surface area contributed by atoms with Gasteiger partial charge in [0, 0.05) is 34.4 Å². The van der Waals surface area contributed by atoms with Crippen LogP contribution < -0.4 is 5.32 Å². The molecule has 100 valence electrons. The van der Waals surface area contributed by atoms with Gasteiger partial charge >= 0.3 is 0 Å². The fraction of sp³-hybridized carbons (Fsp3) is 0.467. The Balaban J connectivity index is 2.04. The minimum absolute atomic E-state index is 0.412. The highest BCUT2D eigenvalue weighted by Gasteiger charge is 2.20. The number of hydrogen-bond acceptors (Lipinski definition) is 4. The minimum Gasteiger partial charge on any atom is -0.313 e. The topological polar surface area (TPSA) is 37.8 Å². The van der Waals surface area contributed by atoms with E-state index in [1.54, 1.807) is 11.3 Å². The summed E-state index contributed by atoms with van der Waals surface area (Å²) in [5, 5.41) is 7.68. The normalized spacial score (nSPS) is 18.9. The van der Waals surface area contributed by atoms with Crippen molar-refractivity contribution in [1.82, 2.24) is 15.3 Å². The lowest BCUT2D eigenvalue weighted by Crippen LogP contribution is -2.17. The van der Waals surface area contributed by atoms with Gasteiger partial charge < -0.3 is 5.32 Å². The number of rotatable bonds is 2. The van der Waals surface area contributed by atoms with Crippen LogP contribution in [0.4, 0.5) is 0 Å². The molecule has 0 fully saturated rings. The predicted molar refractivity (Wildman–Crippen MR) is 79.4 cm³/mol. The molecule has 2 aromatic heterocycles. The number of hydrogen-bond donors (Lipinski definition) is 1. The first-order valence-electron chi connectivity index (χ1n) is 6.86. The minimum atomic E-state index is 0.412. The highest BCUT2D eigenvalue weighted by Crippen LogP contribution is 2.30. The van der Waals surface area contributed by atoms with Gasteiger partial charge in [-0.2, -0.15) is 11.3 Å². The van der Waals surface area contributed by atoms with Crippen molar-refractivity contribution in [3.63, 3.8) is 0 Å². The average Bonchev–Trinajstić information content (AvgIpc) is 2.74. The van der Waals surface area contributed by atoms with E-state index in [0.717, 1.165) is 12.2 Å². The molecule has 1 aliphatic rings. The lowest BCUT2D eigenvalue weighted by Gasteiger charge is -2.16. The molecule has 3 nitrogen and oxygen atoms in total. The first-order chi connectivity index (χ1) is 9.29. The van der Waals surface area contributed by atoms with Crippen LogP contribution in [0.25, 0.3) is 11.4 Å². The molecule has 0 bridgehead atoms. The molecular formula is C15H19N3S. The molecule has 1 aliphatic carbocycles. The van der Waals surface area contributed by atoms with E-state index in [1.165, 1.54) is 41.6 Å². The number of aryl methyl sites for hydroxylation is 2. The van der Waals surface area contributed by atoms with Crippen molar-refractivity contribution in [3.05, 3.63) is 33.8 Å². The highest BCUT2D eigenvalue weighted by atomic mass is 32.1. The second-order valence-electron chi connectivity index (χ2n) is 5.15. The SMILES string of the molecule is CNC1CCCCc2nc(-c3cscc3C)ncc21. The zero-order valence-corrected chi connectivity index (χ0v) is 12.3. The van der Waals surface area contributed by atoms with Crippen molar-refractivity contribution >= 4 is 11.3 Å². The molecule has 0 radical (unpaired) electrons. The van der Waals surface area contributed by atoms with E-state index in [2.05, 4.69) is 28.0 Å². The summed E-state index contributed by atoms with van der Waals surface area (Å²) in [7, 11) is 2.02. The van der Waals surface area contributed by atoms with Crippen LogP contribution >= 0.6 is 11.3 Å². The maximum absolute atomic E-state index is 4.83. The van der Waals surface area contributed by atoms with Crippen LogP contribution in [0.3, 0.4) is 0 Å². The van der Waals surface area contributed by atoms with Crippen molar-refractivity contribution < 1.29 is 0 Å². The van der Waals surface area contributed by atoms with Crippen molar-refractivity contribution in [2.45, 2.75) is 38.6 Å². The fourth-order valence-electron chi connectivity index (χ4n) is 2.73. The summed E-state index contributed by atoms with van der Waals surface area (Å²) in [5.74, 6) is 0.884. The summed E-state index contributed by atoms with van der Waals surface area (Å²) in [5.41, 5.74) is 4.96. The Morgan fingerprint density at radius 3 is 2.95 bits per heavy atom. The van der Waals surface area contributed by atoms with Crippen molar-refractivity contribution in [1.29, 1.82) is 0 Å². The van der Waals surface area contributed by atoms with Crippen LogP contribution in [0, 0.1) is 6.92 Å². The summed E-state index contributed by atoms with van der Waals surface area (Å²) in [6.07, 6.45) is 6.77. The van der Waals surface area contributed by atoms with Gasteiger partial charge in [-0.3, -0.25) is 0 Å². The number of thiophene rings is 1. The maximum atomic E-state index is 4.83. The fourth-order valence-corrected chi connectivity index (χ4v) is 3.56. The Hall–Kier alpha value is -1.26. The van der Waals surface area contributed by atoms with Crippen molar-refractivity contribution in [2.75, 3.05) is 7.05 Å². The Bertz CT molecular complexity index is 577. The molecule has 1 atom stereocenters. The third-order valence-corrected chi connectivity index (χ3v) is 4.74. The summed E-state index contributed by atoms with van der Waals surface area (Å²) < 4.78 is 0. The van der Waals surface area contributed by atoms with Crippen LogP contribution in [0.2, 0.25) is 0 Å². The molecule has 0 aromatic carbocycles. The summed E-state index contributed by atoms with van der Waals surface area (Å²) >= 11 is 1.72. The monoisotopic (exact) mass is 273 g/mol. The van der Waals surface area contributed by atoms with Crippen LogP contribution in [-0.2, 0) is 6.42 Å². The Labute approximate surface area is 118 Å². The lowest BCUT2D eigenvalue weighted by atomic mass is 10.0. The molecule has 0 spiro atoms. The molecule has 4 heteroatoms. The van der Waals surface area contributed by atoms with E-state index in [4.69, 9.17) is 4.98 Å². The van der Waals surface area contributed by atoms with Gasteiger partial charge in [-0.15, -0.1) is 0 Å². The van der Waals surface area contributed by atoms with Gasteiger partial charge in [-0.1, -0.05) is 6.42 Å². The molecule has 2 aromatic rings. The van der Waals surface area contributed by atoms with Crippen molar-refractivity contribution in [3.8, 4) is 11.4 Å². The summed E-state index contributed by atoms with van der Waals surface area (Å²) in [6.45, 7) is 2.12. The van der Waals surface area contributed by atoms with Crippen LogP contribution in [0.1, 0.15) is 42.1 Å². The zero-order chi connectivity index (χ0) is 13.2. The Morgan fingerprint density at radius 1 is 1.32 bits per heavy atom. The first-order valence-corrected chi connectivity index (χ1v) is 7.80. The van der Waals surface area contributed by atoms with E-state index < -0.39 is 0 Å². The van der Waals surface area contributed by atoms with Crippen molar-refractivity contribution in [2.24, 2.45) is 0 Å². The van der Waals surface area contributed by atoms with E-state index in [-0.39, 0.29) is 0 Å². The third-order valence-electron chi connectivity index (χ3n) is 3.88. The van der Waals surface area contributed by atoms with E-state index >= 15 is 0 Å². The van der Waals surface area contributed by atoms with Crippen LogP contribution in [0.5, 0.6) is 0 Å². The van der Waals surface area contributed by atoms with Gasteiger partial charge in [0.2, 0.25) is 0 Å². The second-order valence-corrected chi connectivity index (χ2v) is 5.89. The lowest BCUT2D eigenvalue weighted by molar-refractivity contribution is 0.532. The maximum Gasteiger partial charge on any atom is 0.160 e. The highest BCUT2D eigenvalue weighted by molar-refractivity contribution is 7.08. The molecule has 0 aliphatic heterocycles. The first kappa shape index (κ1) is 12.8. The van der Waals surface area contributed by atoms with Gasteiger partial charge in [0.05, 0.1) is 0 Å². The number of nitrogens with one attached hydrogen (secondary N) is 1. The zero-order valence-electron chi connectivity index (χ0n) is 11.4.